The van der Waals surface area contributed by atoms with Crippen molar-refractivity contribution in [2.75, 3.05) is 25.0 Å². The summed E-state index contributed by atoms with van der Waals surface area (Å²) in [5, 5.41) is 8.50. The van der Waals surface area contributed by atoms with E-state index in [0.29, 0.717) is 30.3 Å². The first-order chi connectivity index (χ1) is 10.0. The van der Waals surface area contributed by atoms with Crippen molar-refractivity contribution in [3.05, 3.63) is 42.5 Å². The first kappa shape index (κ1) is 16.9. The average molecular weight is 289 g/mol. The molecule has 0 aromatic heterocycles. The molecule has 0 aliphatic rings. The van der Waals surface area contributed by atoms with E-state index in [0.717, 1.165) is 0 Å². The van der Waals surface area contributed by atoms with Gasteiger partial charge in [0, 0.05) is 13.1 Å². The fourth-order valence-electron chi connectivity index (χ4n) is 1.66. The second-order valence-corrected chi connectivity index (χ2v) is 5.12. The summed E-state index contributed by atoms with van der Waals surface area (Å²) in [6.07, 6.45) is 1.68. The largest absolute Gasteiger partial charge is 0.352 e. The fourth-order valence-corrected chi connectivity index (χ4v) is 1.66. The molecule has 0 fully saturated rings. The normalized spacial score (nSPS) is 10.2. The van der Waals surface area contributed by atoms with Crippen LogP contribution in [0.4, 0.5) is 5.69 Å². The second kappa shape index (κ2) is 8.92. The first-order valence-electron chi connectivity index (χ1n) is 7.03. The maximum atomic E-state index is 12.1. The highest BCUT2D eigenvalue weighted by molar-refractivity contribution is 6.04. The van der Waals surface area contributed by atoms with Gasteiger partial charge in [0.2, 0.25) is 5.91 Å². The maximum Gasteiger partial charge on any atom is 0.253 e. The van der Waals surface area contributed by atoms with Crippen molar-refractivity contribution in [3.8, 4) is 0 Å². The number of rotatable bonds is 8. The second-order valence-electron chi connectivity index (χ2n) is 5.12. The number of benzene rings is 1. The van der Waals surface area contributed by atoms with Crippen LogP contribution >= 0.6 is 0 Å². The molecule has 0 saturated carbocycles. The van der Waals surface area contributed by atoms with E-state index in [4.69, 9.17) is 0 Å². The summed E-state index contributed by atoms with van der Waals surface area (Å²) in [6.45, 7) is 8.95. The molecule has 1 aromatic rings. The lowest BCUT2D eigenvalue weighted by Gasteiger charge is -2.12. The van der Waals surface area contributed by atoms with Crippen LogP contribution < -0.4 is 16.0 Å². The third-order valence-corrected chi connectivity index (χ3v) is 2.69. The average Bonchev–Trinajstić information content (AvgIpc) is 2.45. The molecule has 1 rings (SSSR count). The quantitative estimate of drug-likeness (QED) is 0.505. The zero-order chi connectivity index (χ0) is 15.7. The predicted molar refractivity (Wildman–Crippen MR) is 85.3 cm³/mol. The SMILES string of the molecule is C=CCNCC(=O)Nc1ccccc1C(=O)NCC(C)C. The number of hydrogen-bond donors (Lipinski definition) is 3. The van der Waals surface area contributed by atoms with Gasteiger partial charge in [-0.1, -0.05) is 32.1 Å². The molecule has 0 saturated heterocycles. The summed E-state index contributed by atoms with van der Waals surface area (Å²) in [5.41, 5.74) is 0.986. The molecule has 3 N–H and O–H groups in total. The Morgan fingerprint density at radius 2 is 2.00 bits per heavy atom. The minimum atomic E-state index is -0.194. The van der Waals surface area contributed by atoms with Crippen LogP contribution in [0.1, 0.15) is 24.2 Å². The Morgan fingerprint density at radius 3 is 2.67 bits per heavy atom. The molecule has 1 aromatic carbocycles. The molecule has 0 aliphatic carbocycles. The lowest BCUT2D eigenvalue weighted by molar-refractivity contribution is -0.115. The molecule has 0 radical (unpaired) electrons. The molecule has 5 heteroatoms. The van der Waals surface area contributed by atoms with E-state index in [1.807, 2.05) is 13.8 Å². The Labute approximate surface area is 125 Å². The summed E-state index contributed by atoms with van der Waals surface area (Å²) in [6, 6.07) is 6.97. The standard InChI is InChI=1S/C16H23N3O2/c1-4-9-17-11-15(20)19-14-8-6-5-7-13(14)16(21)18-10-12(2)3/h4-8,12,17H,1,9-11H2,2-3H3,(H,18,21)(H,19,20). The molecule has 0 aliphatic heterocycles. The number of para-hydroxylation sites is 1. The predicted octanol–water partition coefficient (Wildman–Crippen LogP) is 1.79. The minimum Gasteiger partial charge on any atom is -0.352 e. The molecular weight excluding hydrogens is 266 g/mol. The van der Waals surface area contributed by atoms with E-state index in [-0.39, 0.29) is 18.4 Å². The third-order valence-electron chi connectivity index (χ3n) is 2.69. The third kappa shape index (κ3) is 6.23. The Hall–Kier alpha value is -2.14. The van der Waals surface area contributed by atoms with Crippen molar-refractivity contribution in [2.24, 2.45) is 5.92 Å². The summed E-state index contributed by atoms with van der Waals surface area (Å²) in [7, 11) is 0. The molecule has 2 amide bonds. The zero-order valence-electron chi connectivity index (χ0n) is 12.6. The van der Waals surface area contributed by atoms with Crippen LogP contribution in [0, 0.1) is 5.92 Å². The van der Waals surface area contributed by atoms with Gasteiger partial charge in [-0.15, -0.1) is 6.58 Å². The topological polar surface area (TPSA) is 70.2 Å². The molecule has 0 spiro atoms. The lowest BCUT2D eigenvalue weighted by Crippen LogP contribution is -2.31. The molecule has 0 unspecified atom stereocenters. The number of nitrogens with one attached hydrogen (secondary N) is 3. The van der Waals surface area contributed by atoms with Crippen LogP contribution in [0.15, 0.2) is 36.9 Å². The Balaban J connectivity index is 2.68. The Morgan fingerprint density at radius 1 is 1.29 bits per heavy atom. The molecule has 5 nitrogen and oxygen atoms in total. The van der Waals surface area contributed by atoms with Gasteiger partial charge in [-0.2, -0.15) is 0 Å². The van der Waals surface area contributed by atoms with Crippen molar-refractivity contribution in [1.29, 1.82) is 0 Å². The summed E-state index contributed by atoms with van der Waals surface area (Å²) >= 11 is 0. The summed E-state index contributed by atoms with van der Waals surface area (Å²) in [5.74, 6) is -0.00147. The van der Waals surface area contributed by atoms with Crippen LogP contribution in [-0.4, -0.2) is 31.4 Å². The molecule has 0 atom stereocenters. The van der Waals surface area contributed by atoms with Crippen LogP contribution in [0.5, 0.6) is 0 Å². The van der Waals surface area contributed by atoms with E-state index < -0.39 is 0 Å². The minimum absolute atomic E-state index is 0.175. The van der Waals surface area contributed by atoms with Crippen LogP contribution in [-0.2, 0) is 4.79 Å². The van der Waals surface area contributed by atoms with Gasteiger partial charge >= 0.3 is 0 Å². The highest BCUT2D eigenvalue weighted by Gasteiger charge is 2.12. The number of carbonyl (C=O) groups excluding carboxylic acids is 2. The van der Waals surface area contributed by atoms with Gasteiger partial charge in [0.05, 0.1) is 17.8 Å². The molecular formula is C16H23N3O2. The monoisotopic (exact) mass is 289 g/mol. The van der Waals surface area contributed by atoms with E-state index in [9.17, 15) is 9.59 Å². The molecule has 21 heavy (non-hydrogen) atoms. The van der Waals surface area contributed by atoms with Gasteiger partial charge in [-0.3, -0.25) is 9.59 Å². The number of amides is 2. The van der Waals surface area contributed by atoms with Crippen LogP contribution in [0.3, 0.4) is 0 Å². The van der Waals surface area contributed by atoms with Crippen molar-refractivity contribution < 1.29 is 9.59 Å². The van der Waals surface area contributed by atoms with E-state index in [1.165, 1.54) is 0 Å². The van der Waals surface area contributed by atoms with E-state index >= 15 is 0 Å². The van der Waals surface area contributed by atoms with Gasteiger partial charge < -0.3 is 16.0 Å². The highest BCUT2D eigenvalue weighted by Crippen LogP contribution is 2.14. The van der Waals surface area contributed by atoms with Gasteiger partial charge in [0.25, 0.3) is 5.91 Å². The number of anilines is 1. The van der Waals surface area contributed by atoms with Gasteiger partial charge in [-0.25, -0.2) is 0 Å². The Bertz CT molecular complexity index is 498. The van der Waals surface area contributed by atoms with Gasteiger partial charge in [0.15, 0.2) is 0 Å². The highest BCUT2D eigenvalue weighted by atomic mass is 16.2. The lowest BCUT2D eigenvalue weighted by atomic mass is 10.1. The van der Waals surface area contributed by atoms with Crippen molar-refractivity contribution in [2.45, 2.75) is 13.8 Å². The number of hydrogen-bond acceptors (Lipinski definition) is 3. The van der Waals surface area contributed by atoms with Crippen LogP contribution in [0.25, 0.3) is 0 Å². The van der Waals surface area contributed by atoms with Crippen molar-refractivity contribution in [3.63, 3.8) is 0 Å². The van der Waals surface area contributed by atoms with Crippen molar-refractivity contribution in [1.82, 2.24) is 10.6 Å². The smallest absolute Gasteiger partial charge is 0.253 e. The van der Waals surface area contributed by atoms with E-state index in [2.05, 4.69) is 22.5 Å². The number of carbonyl (C=O) groups is 2. The van der Waals surface area contributed by atoms with Gasteiger partial charge in [0.1, 0.15) is 0 Å². The van der Waals surface area contributed by atoms with Gasteiger partial charge in [-0.05, 0) is 18.1 Å². The van der Waals surface area contributed by atoms with Crippen molar-refractivity contribution >= 4 is 17.5 Å². The van der Waals surface area contributed by atoms with Crippen LogP contribution in [0.2, 0.25) is 0 Å². The summed E-state index contributed by atoms with van der Waals surface area (Å²) < 4.78 is 0. The zero-order valence-corrected chi connectivity index (χ0v) is 12.6. The Kier molecular flexibility index (Phi) is 7.18. The maximum absolute atomic E-state index is 12.1. The first-order valence-corrected chi connectivity index (χ1v) is 7.03. The molecule has 114 valence electrons. The summed E-state index contributed by atoms with van der Waals surface area (Å²) in [4.78, 5) is 23.9. The van der Waals surface area contributed by atoms with E-state index in [1.54, 1.807) is 30.3 Å². The fraction of sp³-hybridized carbons (Fsp3) is 0.375. The molecule has 0 bridgehead atoms. The molecule has 0 heterocycles.